The summed E-state index contributed by atoms with van der Waals surface area (Å²) in [4.78, 5) is 22.5. The monoisotopic (exact) mass is 206 g/mol. The third-order valence-corrected chi connectivity index (χ3v) is 2.37. The lowest BCUT2D eigenvalue weighted by Crippen LogP contribution is -2.23. The Hall–Kier alpha value is -1.84. The summed E-state index contributed by atoms with van der Waals surface area (Å²) in [5, 5.41) is 0. The fraction of sp³-hybridized carbons (Fsp3) is 0.273. The second-order valence-electron chi connectivity index (χ2n) is 3.42. The first kappa shape index (κ1) is 9.71. The molecule has 4 nitrogen and oxygen atoms in total. The molecule has 0 atom stereocenters. The van der Waals surface area contributed by atoms with Crippen LogP contribution in [0.3, 0.4) is 0 Å². The molecule has 0 saturated carbocycles. The first-order valence-corrected chi connectivity index (χ1v) is 4.54. The Labute approximate surface area is 86.8 Å². The Morgan fingerprint density at radius 3 is 2.73 bits per heavy atom. The maximum absolute atomic E-state index is 11.4. The minimum atomic E-state index is -0.568. The SMILES string of the molecule is COc1cc(C)c2c(c1)CC(=O)OC2=O. The second-order valence-corrected chi connectivity index (χ2v) is 3.42. The number of hydrogen-bond donors (Lipinski definition) is 0. The van der Waals surface area contributed by atoms with Crippen LogP contribution in [-0.2, 0) is 16.0 Å². The Morgan fingerprint density at radius 2 is 2.07 bits per heavy atom. The molecular formula is C11H10O4. The average molecular weight is 206 g/mol. The zero-order chi connectivity index (χ0) is 11.0. The Balaban J connectivity index is 2.59. The van der Waals surface area contributed by atoms with Crippen molar-refractivity contribution in [1.82, 2.24) is 0 Å². The van der Waals surface area contributed by atoms with Crippen molar-refractivity contribution < 1.29 is 19.1 Å². The van der Waals surface area contributed by atoms with Gasteiger partial charge < -0.3 is 9.47 Å². The van der Waals surface area contributed by atoms with Crippen molar-refractivity contribution in [1.29, 1.82) is 0 Å². The van der Waals surface area contributed by atoms with Crippen molar-refractivity contribution >= 4 is 11.9 Å². The van der Waals surface area contributed by atoms with Gasteiger partial charge in [0.05, 0.1) is 19.1 Å². The quantitative estimate of drug-likeness (QED) is 0.512. The van der Waals surface area contributed by atoms with Gasteiger partial charge in [0.2, 0.25) is 0 Å². The molecule has 0 amide bonds. The van der Waals surface area contributed by atoms with E-state index < -0.39 is 11.9 Å². The van der Waals surface area contributed by atoms with E-state index in [0.717, 1.165) is 5.56 Å². The molecule has 0 fully saturated rings. The number of benzene rings is 1. The second kappa shape index (κ2) is 3.38. The first-order valence-electron chi connectivity index (χ1n) is 4.54. The molecule has 2 rings (SSSR count). The topological polar surface area (TPSA) is 52.6 Å². The molecule has 1 aromatic rings. The van der Waals surface area contributed by atoms with E-state index in [-0.39, 0.29) is 6.42 Å². The van der Waals surface area contributed by atoms with Gasteiger partial charge in [-0.3, -0.25) is 4.79 Å². The molecule has 0 aromatic heterocycles. The molecule has 15 heavy (non-hydrogen) atoms. The van der Waals surface area contributed by atoms with E-state index in [0.29, 0.717) is 16.9 Å². The van der Waals surface area contributed by atoms with Crippen molar-refractivity contribution in [3.63, 3.8) is 0 Å². The van der Waals surface area contributed by atoms with E-state index in [9.17, 15) is 9.59 Å². The molecule has 0 N–H and O–H groups in total. The van der Waals surface area contributed by atoms with Crippen LogP contribution in [0.15, 0.2) is 12.1 Å². The number of esters is 2. The van der Waals surface area contributed by atoms with Crippen LogP contribution in [0.1, 0.15) is 21.5 Å². The number of aryl methyl sites for hydroxylation is 1. The summed E-state index contributed by atoms with van der Waals surface area (Å²) >= 11 is 0. The largest absolute Gasteiger partial charge is 0.497 e. The third-order valence-electron chi connectivity index (χ3n) is 2.37. The van der Waals surface area contributed by atoms with E-state index in [1.54, 1.807) is 26.2 Å². The van der Waals surface area contributed by atoms with Crippen LogP contribution in [0.5, 0.6) is 5.75 Å². The number of cyclic esters (lactones) is 2. The molecule has 0 saturated heterocycles. The molecule has 1 aliphatic rings. The van der Waals surface area contributed by atoms with Gasteiger partial charge in [0.1, 0.15) is 5.75 Å². The summed E-state index contributed by atoms with van der Waals surface area (Å²) in [5.74, 6) is -0.435. The van der Waals surface area contributed by atoms with Crippen LogP contribution in [0, 0.1) is 6.92 Å². The van der Waals surface area contributed by atoms with Crippen LogP contribution in [0.2, 0.25) is 0 Å². The average Bonchev–Trinajstić information content (AvgIpc) is 2.15. The van der Waals surface area contributed by atoms with Gasteiger partial charge in [0.25, 0.3) is 0 Å². The lowest BCUT2D eigenvalue weighted by atomic mass is 9.97. The maximum Gasteiger partial charge on any atom is 0.346 e. The van der Waals surface area contributed by atoms with E-state index in [1.165, 1.54) is 0 Å². The number of rotatable bonds is 1. The zero-order valence-corrected chi connectivity index (χ0v) is 8.49. The highest BCUT2D eigenvalue weighted by Crippen LogP contribution is 2.26. The highest BCUT2D eigenvalue weighted by Gasteiger charge is 2.26. The van der Waals surface area contributed by atoms with Crippen molar-refractivity contribution in [2.45, 2.75) is 13.3 Å². The van der Waals surface area contributed by atoms with Gasteiger partial charge in [0.15, 0.2) is 0 Å². The van der Waals surface area contributed by atoms with Crippen molar-refractivity contribution in [2.24, 2.45) is 0 Å². The van der Waals surface area contributed by atoms with Crippen molar-refractivity contribution in [3.05, 3.63) is 28.8 Å². The van der Waals surface area contributed by atoms with E-state index in [4.69, 9.17) is 4.74 Å². The van der Waals surface area contributed by atoms with Gasteiger partial charge >= 0.3 is 11.9 Å². The smallest absolute Gasteiger partial charge is 0.346 e. The fourth-order valence-electron chi connectivity index (χ4n) is 1.72. The minimum Gasteiger partial charge on any atom is -0.497 e. The molecule has 1 heterocycles. The standard InChI is InChI=1S/C11H10O4/c1-6-3-8(14-2)4-7-5-9(12)15-11(13)10(6)7/h3-4H,5H2,1-2H3. The number of carbonyl (C=O) groups excluding carboxylic acids is 2. The zero-order valence-electron chi connectivity index (χ0n) is 8.49. The van der Waals surface area contributed by atoms with Crippen LogP contribution in [0.4, 0.5) is 0 Å². The normalized spacial score (nSPS) is 14.5. The lowest BCUT2D eigenvalue weighted by molar-refractivity contribution is -0.137. The van der Waals surface area contributed by atoms with Crippen molar-refractivity contribution in [2.75, 3.05) is 7.11 Å². The summed E-state index contributed by atoms with van der Waals surface area (Å²) < 4.78 is 9.62. The van der Waals surface area contributed by atoms with Gasteiger partial charge in [-0.1, -0.05) is 0 Å². The molecule has 0 bridgehead atoms. The molecule has 0 spiro atoms. The summed E-state index contributed by atoms with van der Waals surface area (Å²) in [7, 11) is 1.55. The molecule has 1 aromatic carbocycles. The number of fused-ring (bicyclic) bond motifs is 1. The Bertz CT molecular complexity index is 448. The summed E-state index contributed by atoms with van der Waals surface area (Å²) in [6.07, 6.45) is 0.124. The molecule has 1 aliphatic heterocycles. The van der Waals surface area contributed by atoms with E-state index >= 15 is 0 Å². The summed E-state index contributed by atoms with van der Waals surface area (Å²) in [6, 6.07) is 3.44. The molecule has 0 aliphatic carbocycles. The fourth-order valence-corrected chi connectivity index (χ4v) is 1.72. The van der Waals surface area contributed by atoms with Gasteiger partial charge in [-0.25, -0.2) is 4.79 Å². The number of carbonyl (C=O) groups is 2. The predicted molar refractivity (Wildman–Crippen MR) is 51.9 cm³/mol. The van der Waals surface area contributed by atoms with Gasteiger partial charge in [0, 0.05) is 0 Å². The first-order chi connectivity index (χ1) is 7.11. The van der Waals surface area contributed by atoms with Crippen LogP contribution >= 0.6 is 0 Å². The molecule has 78 valence electrons. The predicted octanol–water partition coefficient (Wildman–Crippen LogP) is 1.24. The highest BCUT2D eigenvalue weighted by molar-refractivity contribution is 6.03. The van der Waals surface area contributed by atoms with Crippen molar-refractivity contribution in [3.8, 4) is 5.75 Å². The molecule has 0 radical (unpaired) electrons. The molecule has 4 heteroatoms. The summed E-state index contributed by atoms with van der Waals surface area (Å²) in [5.41, 5.74) is 1.92. The Kier molecular flexibility index (Phi) is 2.19. The number of methoxy groups -OCH3 is 1. The minimum absolute atomic E-state index is 0.124. The maximum atomic E-state index is 11.4. The highest BCUT2D eigenvalue weighted by atomic mass is 16.6. The van der Waals surface area contributed by atoms with Gasteiger partial charge in [-0.05, 0) is 30.2 Å². The lowest BCUT2D eigenvalue weighted by Gasteiger charge is -2.17. The van der Waals surface area contributed by atoms with Crippen LogP contribution < -0.4 is 4.74 Å². The Morgan fingerprint density at radius 1 is 1.33 bits per heavy atom. The van der Waals surface area contributed by atoms with Crippen LogP contribution in [0.25, 0.3) is 0 Å². The number of hydrogen-bond acceptors (Lipinski definition) is 4. The summed E-state index contributed by atoms with van der Waals surface area (Å²) in [6.45, 7) is 1.79. The van der Waals surface area contributed by atoms with E-state index in [1.807, 2.05) is 0 Å². The van der Waals surface area contributed by atoms with Gasteiger partial charge in [-0.2, -0.15) is 0 Å². The van der Waals surface area contributed by atoms with Crippen LogP contribution in [-0.4, -0.2) is 19.0 Å². The van der Waals surface area contributed by atoms with Gasteiger partial charge in [-0.15, -0.1) is 0 Å². The third kappa shape index (κ3) is 1.58. The molecule has 0 unspecified atom stereocenters. The van der Waals surface area contributed by atoms with E-state index in [2.05, 4.69) is 4.74 Å². The molecular weight excluding hydrogens is 196 g/mol. The number of ether oxygens (including phenoxy) is 2.